The molecule has 5 nitrogen and oxygen atoms in total. The van der Waals surface area contributed by atoms with Crippen molar-refractivity contribution in [3.05, 3.63) is 29.6 Å². The molecule has 0 saturated carbocycles. The van der Waals surface area contributed by atoms with Gasteiger partial charge in [0.2, 0.25) is 0 Å². The number of halogens is 1. The second-order valence-corrected chi connectivity index (χ2v) is 3.14. The van der Waals surface area contributed by atoms with Crippen LogP contribution in [0.3, 0.4) is 0 Å². The molecule has 0 bridgehead atoms. The van der Waals surface area contributed by atoms with Gasteiger partial charge in [-0.1, -0.05) is 12.1 Å². The minimum atomic E-state index is -0.660. The van der Waals surface area contributed by atoms with E-state index in [0.717, 1.165) is 0 Å². The van der Waals surface area contributed by atoms with Crippen LogP contribution < -0.4 is 16.0 Å². The maximum Gasteiger partial charge on any atom is 0.326 e. The van der Waals surface area contributed by atoms with E-state index >= 15 is 0 Å². The van der Waals surface area contributed by atoms with Crippen LogP contribution in [0.2, 0.25) is 0 Å². The summed E-state index contributed by atoms with van der Waals surface area (Å²) in [5.41, 5.74) is 0.732. The Kier molecular flexibility index (Phi) is 3.82. The van der Waals surface area contributed by atoms with Gasteiger partial charge in [0.25, 0.3) is 0 Å². The Hall–Kier alpha value is -2.11. The Balaban J connectivity index is 2.73. The summed E-state index contributed by atoms with van der Waals surface area (Å²) in [6, 6.07) is 3.84. The lowest BCUT2D eigenvalue weighted by Crippen LogP contribution is -2.40. The van der Waals surface area contributed by atoms with Gasteiger partial charge in [-0.2, -0.15) is 0 Å². The number of rotatable bonds is 1. The van der Waals surface area contributed by atoms with Crippen LogP contribution in [-0.2, 0) is 0 Å². The number of hydrogen-bond donors (Lipinski definition) is 4. The highest BCUT2D eigenvalue weighted by molar-refractivity contribution is 6.01. The summed E-state index contributed by atoms with van der Waals surface area (Å²) in [4.78, 5) is 11.3. The van der Waals surface area contributed by atoms with Crippen LogP contribution in [-0.4, -0.2) is 19.0 Å². The predicted molar refractivity (Wildman–Crippen MR) is 60.1 cm³/mol. The maximum atomic E-state index is 13.3. The normalized spacial score (nSPS) is 9.44. The van der Waals surface area contributed by atoms with Gasteiger partial charge >= 0.3 is 6.03 Å². The zero-order valence-corrected chi connectivity index (χ0v) is 9.02. The number of guanidine groups is 1. The first kappa shape index (κ1) is 12.0. The fourth-order valence-corrected chi connectivity index (χ4v) is 1.11. The third-order valence-corrected chi connectivity index (χ3v) is 1.95. The quantitative estimate of drug-likeness (QED) is 0.430. The van der Waals surface area contributed by atoms with Crippen molar-refractivity contribution in [2.24, 2.45) is 0 Å². The number of carbonyl (C=O) groups excluding carboxylic acids is 1. The van der Waals surface area contributed by atoms with Crippen molar-refractivity contribution >= 4 is 17.7 Å². The molecule has 0 fully saturated rings. The van der Waals surface area contributed by atoms with Gasteiger partial charge in [-0.15, -0.1) is 0 Å². The van der Waals surface area contributed by atoms with E-state index in [1.165, 1.54) is 13.1 Å². The number of urea groups is 1. The number of carbonyl (C=O) groups is 1. The molecule has 86 valence electrons. The number of benzene rings is 1. The fourth-order valence-electron chi connectivity index (χ4n) is 1.11. The van der Waals surface area contributed by atoms with Gasteiger partial charge in [0, 0.05) is 7.05 Å². The summed E-state index contributed by atoms with van der Waals surface area (Å²) in [5.74, 6) is -0.669. The molecule has 1 rings (SSSR count). The van der Waals surface area contributed by atoms with Gasteiger partial charge in [-0.3, -0.25) is 10.7 Å². The van der Waals surface area contributed by atoms with Crippen molar-refractivity contribution in [1.82, 2.24) is 10.6 Å². The SMILES string of the molecule is CNC(=N)NC(=O)Nc1c(C)cccc1F. The van der Waals surface area contributed by atoms with Gasteiger partial charge in [0.15, 0.2) is 5.96 Å². The lowest BCUT2D eigenvalue weighted by Gasteiger charge is -2.10. The lowest BCUT2D eigenvalue weighted by atomic mass is 10.2. The van der Waals surface area contributed by atoms with Crippen LogP contribution >= 0.6 is 0 Å². The van der Waals surface area contributed by atoms with Crippen molar-refractivity contribution in [2.75, 3.05) is 12.4 Å². The van der Waals surface area contributed by atoms with Crippen molar-refractivity contribution < 1.29 is 9.18 Å². The summed E-state index contributed by atoms with van der Waals surface area (Å²) >= 11 is 0. The molecule has 0 radical (unpaired) electrons. The zero-order chi connectivity index (χ0) is 12.1. The van der Waals surface area contributed by atoms with E-state index in [1.54, 1.807) is 19.1 Å². The summed E-state index contributed by atoms with van der Waals surface area (Å²) in [7, 11) is 1.50. The third-order valence-electron chi connectivity index (χ3n) is 1.95. The summed E-state index contributed by atoms with van der Waals surface area (Å²) in [6.07, 6.45) is 0. The van der Waals surface area contributed by atoms with Crippen LogP contribution in [0.1, 0.15) is 5.56 Å². The molecule has 0 aliphatic rings. The van der Waals surface area contributed by atoms with Crippen LogP contribution in [0.25, 0.3) is 0 Å². The first-order valence-corrected chi connectivity index (χ1v) is 4.64. The number of aryl methyl sites for hydroxylation is 1. The van der Waals surface area contributed by atoms with Gasteiger partial charge in [-0.25, -0.2) is 9.18 Å². The minimum absolute atomic E-state index is 0.115. The fraction of sp³-hybridized carbons (Fsp3) is 0.200. The Morgan fingerprint density at radius 2 is 2.12 bits per heavy atom. The first-order chi connectivity index (χ1) is 7.54. The van der Waals surface area contributed by atoms with Crippen LogP contribution in [0.15, 0.2) is 18.2 Å². The van der Waals surface area contributed by atoms with Crippen LogP contribution in [0.5, 0.6) is 0 Å². The Bertz CT molecular complexity index is 399. The number of nitrogens with one attached hydrogen (secondary N) is 4. The Morgan fingerprint density at radius 1 is 1.44 bits per heavy atom. The lowest BCUT2D eigenvalue weighted by molar-refractivity contribution is 0.255. The van der Waals surface area contributed by atoms with E-state index in [1.807, 2.05) is 0 Å². The van der Waals surface area contributed by atoms with Gasteiger partial charge in [0.1, 0.15) is 5.82 Å². The number of amides is 2. The zero-order valence-electron chi connectivity index (χ0n) is 9.02. The van der Waals surface area contributed by atoms with Gasteiger partial charge in [-0.05, 0) is 18.6 Å². The van der Waals surface area contributed by atoms with E-state index in [2.05, 4.69) is 16.0 Å². The highest BCUT2D eigenvalue weighted by Gasteiger charge is 2.09. The second-order valence-electron chi connectivity index (χ2n) is 3.14. The molecular weight excluding hydrogens is 211 g/mol. The third kappa shape index (κ3) is 2.94. The van der Waals surface area contributed by atoms with E-state index in [-0.39, 0.29) is 11.6 Å². The van der Waals surface area contributed by atoms with E-state index in [9.17, 15) is 9.18 Å². The largest absolute Gasteiger partial charge is 0.359 e. The molecule has 1 aromatic rings. The second kappa shape index (κ2) is 5.11. The van der Waals surface area contributed by atoms with E-state index in [4.69, 9.17) is 5.41 Å². The average molecular weight is 224 g/mol. The Morgan fingerprint density at radius 3 is 2.69 bits per heavy atom. The van der Waals surface area contributed by atoms with Crippen molar-refractivity contribution in [2.45, 2.75) is 6.92 Å². The molecule has 6 heteroatoms. The van der Waals surface area contributed by atoms with Gasteiger partial charge < -0.3 is 10.6 Å². The maximum absolute atomic E-state index is 13.3. The molecule has 0 aliphatic heterocycles. The van der Waals surface area contributed by atoms with Crippen molar-refractivity contribution in [3.8, 4) is 0 Å². The molecule has 16 heavy (non-hydrogen) atoms. The summed E-state index contributed by atoms with van der Waals surface area (Å²) < 4.78 is 13.3. The molecule has 0 heterocycles. The standard InChI is InChI=1S/C10H13FN4O/c1-6-4-3-5-7(11)8(6)14-10(16)15-9(12)13-2/h3-5H,1-2H3,(H4,12,13,14,15,16). The molecule has 1 aromatic carbocycles. The molecule has 2 amide bonds. The first-order valence-electron chi connectivity index (χ1n) is 4.64. The molecule has 0 spiro atoms. The predicted octanol–water partition coefficient (Wildman–Crippen LogP) is 1.41. The molecule has 0 atom stereocenters. The van der Waals surface area contributed by atoms with Gasteiger partial charge in [0.05, 0.1) is 5.69 Å². The monoisotopic (exact) mass is 224 g/mol. The summed E-state index contributed by atoms with van der Waals surface area (Å²) in [6.45, 7) is 1.68. The highest BCUT2D eigenvalue weighted by atomic mass is 19.1. The van der Waals surface area contributed by atoms with Crippen LogP contribution in [0, 0.1) is 18.2 Å². The van der Waals surface area contributed by atoms with E-state index in [0.29, 0.717) is 5.56 Å². The smallest absolute Gasteiger partial charge is 0.326 e. The molecule has 0 aromatic heterocycles. The number of para-hydroxylation sites is 1. The van der Waals surface area contributed by atoms with Crippen LogP contribution in [0.4, 0.5) is 14.9 Å². The molecule has 4 N–H and O–H groups in total. The number of anilines is 1. The average Bonchev–Trinajstić information content (AvgIpc) is 2.23. The Labute approximate surface area is 92.6 Å². The molecule has 0 unspecified atom stereocenters. The molecule has 0 aliphatic carbocycles. The minimum Gasteiger partial charge on any atom is -0.359 e. The molecule has 0 saturated heterocycles. The van der Waals surface area contributed by atoms with Crippen molar-refractivity contribution in [1.29, 1.82) is 5.41 Å². The van der Waals surface area contributed by atoms with E-state index < -0.39 is 11.8 Å². The molecular formula is C10H13FN4O. The highest BCUT2D eigenvalue weighted by Crippen LogP contribution is 2.18. The number of hydrogen-bond acceptors (Lipinski definition) is 2. The van der Waals surface area contributed by atoms with Crippen molar-refractivity contribution in [3.63, 3.8) is 0 Å². The summed E-state index contributed by atoms with van der Waals surface area (Å²) in [5, 5.41) is 14.1. The topological polar surface area (TPSA) is 77.0 Å².